The van der Waals surface area contributed by atoms with Crippen LogP contribution in [0.5, 0.6) is 0 Å². The van der Waals surface area contributed by atoms with E-state index in [1.807, 2.05) is 0 Å². The summed E-state index contributed by atoms with van der Waals surface area (Å²) in [6.07, 6.45) is 6.38. The van der Waals surface area contributed by atoms with Gasteiger partial charge < -0.3 is 10.2 Å². The van der Waals surface area contributed by atoms with Crippen LogP contribution in [-0.4, -0.2) is 34.6 Å². The van der Waals surface area contributed by atoms with E-state index in [4.69, 9.17) is 0 Å². The highest BCUT2D eigenvalue weighted by molar-refractivity contribution is 5.41. The van der Waals surface area contributed by atoms with Crippen LogP contribution in [0.2, 0.25) is 0 Å². The van der Waals surface area contributed by atoms with Crippen LogP contribution < -0.4 is 10.2 Å². The van der Waals surface area contributed by atoms with E-state index in [0.717, 1.165) is 37.4 Å². The van der Waals surface area contributed by atoms with Crippen LogP contribution in [0.25, 0.3) is 0 Å². The molecular weight excluding hydrogens is 248 g/mol. The average molecular weight is 276 g/mol. The smallest absolute Gasteiger partial charge is 0.132 e. The van der Waals surface area contributed by atoms with Crippen LogP contribution in [0.15, 0.2) is 12.4 Å². The molecule has 0 radical (unpaired) electrons. The zero-order chi connectivity index (χ0) is 14.6. The maximum atomic E-state index is 4.49. The van der Waals surface area contributed by atoms with Crippen LogP contribution in [0, 0.1) is 0 Å². The summed E-state index contributed by atoms with van der Waals surface area (Å²) < 4.78 is 0. The monoisotopic (exact) mass is 276 g/mol. The highest BCUT2D eigenvalue weighted by atomic mass is 15.2. The third-order valence-corrected chi connectivity index (χ3v) is 3.75. The van der Waals surface area contributed by atoms with E-state index in [0.29, 0.717) is 6.04 Å². The lowest BCUT2D eigenvalue weighted by molar-refractivity contribution is 0.404. The van der Waals surface area contributed by atoms with Crippen LogP contribution in [0.4, 0.5) is 5.82 Å². The van der Waals surface area contributed by atoms with E-state index >= 15 is 0 Å². The van der Waals surface area contributed by atoms with Gasteiger partial charge in [0, 0.05) is 36.4 Å². The Morgan fingerprint density at radius 1 is 1.35 bits per heavy atom. The number of nitrogens with one attached hydrogen (secondary N) is 1. The highest BCUT2D eigenvalue weighted by Gasteiger charge is 2.26. The van der Waals surface area contributed by atoms with Gasteiger partial charge in [-0.2, -0.15) is 0 Å². The van der Waals surface area contributed by atoms with Crippen molar-refractivity contribution in [1.29, 1.82) is 0 Å². The van der Waals surface area contributed by atoms with Crippen molar-refractivity contribution in [2.24, 2.45) is 0 Å². The first-order chi connectivity index (χ1) is 9.49. The Hall–Kier alpha value is -1.16. The zero-order valence-corrected chi connectivity index (χ0v) is 13.3. The Kier molecular flexibility index (Phi) is 4.97. The Morgan fingerprint density at radius 3 is 2.85 bits per heavy atom. The third-order valence-electron chi connectivity index (χ3n) is 3.75. The summed E-state index contributed by atoms with van der Waals surface area (Å²) in [6, 6.07) is 2.72. The molecule has 112 valence electrons. The quantitative estimate of drug-likeness (QED) is 0.898. The fourth-order valence-electron chi connectivity index (χ4n) is 2.71. The third kappa shape index (κ3) is 4.17. The molecule has 1 saturated heterocycles. The first-order valence-electron chi connectivity index (χ1n) is 7.82. The maximum Gasteiger partial charge on any atom is 0.132 e. The molecule has 4 nitrogen and oxygen atoms in total. The molecule has 0 bridgehead atoms. The summed E-state index contributed by atoms with van der Waals surface area (Å²) in [4.78, 5) is 11.3. The Balaban J connectivity index is 2.04. The van der Waals surface area contributed by atoms with Gasteiger partial charge in [0.05, 0.1) is 0 Å². The second-order valence-corrected chi connectivity index (χ2v) is 6.74. The summed E-state index contributed by atoms with van der Waals surface area (Å²) in [7, 11) is 0. The molecule has 1 N–H and O–H groups in total. The Morgan fingerprint density at radius 2 is 2.15 bits per heavy atom. The molecule has 2 rings (SSSR count). The van der Waals surface area contributed by atoms with Gasteiger partial charge in [0.1, 0.15) is 12.1 Å². The number of hydrogen-bond donors (Lipinski definition) is 1. The van der Waals surface area contributed by atoms with Gasteiger partial charge in [-0.05, 0) is 40.0 Å². The molecule has 0 saturated carbocycles. The van der Waals surface area contributed by atoms with Gasteiger partial charge in [-0.15, -0.1) is 0 Å². The molecule has 4 heteroatoms. The second kappa shape index (κ2) is 6.53. The van der Waals surface area contributed by atoms with Gasteiger partial charge in [-0.1, -0.05) is 13.3 Å². The number of nitrogens with zero attached hydrogens (tertiary/aromatic N) is 3. The number of aryl methyl sites for hydroxylation is 1. The normalized spacial score (nSPS) is 19.6. The molecule has 0 amide bonds. The van der Waals surface area contributed by atoms with Crippen LogP contribution in [0.1, 0.15) is 52.7 Å². The fourth-order valence-corrected chi connectivity index (χ4v) is 2.71. The Bertz CT molecular complexity index is 425. The molecule has 0 spiro atoms. The molecule has 1 aliphatic heterocycles. The minimum Gasteiger partial charge on any atom is -0.352 e. The molecule has 1 fully saturated rings. The summed E-state index contributed by atoms with van der Waals surface area (Å²) in [5.74, 6) is 1.10. The molecule has 1 aromatic rings. The largest absolute Gasteiger partial charge is 0.352 e. The summed E-state index contributed by atoms with van der Waals surface area (Å²) in [5, 5.41) is 3.62. The van der Waals surface area contributed by atoms with Crippen molar-refractivity contribution in [1.82, 2.24) is 15.3 Å². The van der Waals surface area contributed by atoms with Crippen molar-refractivity contribution in [3.8, 4) is 0 Å². The molecule has 0 aliphatic carbocycles. The number of aromatic nitrogens is 2. The second-order valence-electron chi connectivity index (χ2n) is 6.74. The van der Waals surface area contributed by atoms with E-state index in [9.17, 15) is 0 Å². The summed E-state index contributed by atoms with van der Waals surface area (Å²) >= 11 is 0. The van der Waals surface area contributed by atoms with Crippen molar-refractivity contribution in [2.75, 3.05) is 18.0 Å². The van der Waals surface area contributed by atoms with E-state index in [1.165, 1.54) is 12.8 Å². The molecule has 1 aromatic heterocycles. The van der Waals surface area contributed by atoms with Crippen molar-refractivity contribution >= 4 is 5.82 Å². The van der Waals surface area contributed by atoms with E-state index in [-0.39, 0.29) is 5.54 Å². The molecule has 1 aliphatic rings. The van der Waals surface area contributed by atoms with Gasteiger partial charge in [0.15, 0.2) is 0 Å². The van der Waals surface area contributed by atoms with Crippen molar-refractivity contribution in [3.63, 3.8) is 0 Å². The van der Waals surface area contributed by atoms with Crippen LogP contribution >= 0.6 is 0 Å². The number of rotatable bonds is 5. The minimum absolute atomic E-state index is 0.174. The SMILES string of the molecule is CCCc1cc(N2CCCC2CNC(C)(C)C)ncn1. The van der Waals surface area contributed by atoms with Crippen molar-refractivity contribution in [2.45, 2.75) is 65.0 Å². The fraction of sp³-hybridized carbons (Fsp3) is 0.750. The van der Waals surface area contributed by atoms with Gasteiger partial charge in [-0.25, -0.2) is 9.97 Å². The van der Waals surface area contributed by atoms with E-state index in [2.05, 4.69) is 53.9 Å². The van der Waals surface area contributed by atoms with Crippen molar-refractivity contribution < 1.29 is 0 Å². The molecule has 1 atom stereocenters. The lowest BCUT2D eigenvalue weighted by Crippen LogP contribution is -2.45. The predicted molar refractivity (Wildman–Crippen MR) is 84.2 cm³/mol. The van der Waals surface area contributed by atoms with Crippen LogP contribution in [-0.2, 0) is 6.42 Å². The standard InChI is InChI=1S/C16H28N4/c1-5-7-13-10-15(18-12-17-13)20-9-6-8-14(20)11-19-16(2,3)4/h10,12,14,19H,5-9,11H2,1-4H3. The van der Waals surface area contributed by atoms with Gasteiger partial charge in [-0.3, -0.25) is 0 Å². The van der Waals surface area contributed by atoms with Crippen LogP contribution in [0.3, 0.4) is 0 Å². The van der Waals surface area contributed by atoms with Gasteiger partial charge in [0.25, 0.3) is 0 Å². The Labute approximate surface area is 123 Å². The highest BCUT2D eigenvalue weighted by Crippen LogP contribution is 2.24. The average Bonchev–Trinajstić information content (AvgIpc) is 2.84. The number of hydrogen-bond acceptors (Lipinski definition) is 4. The molecule has 1 unspecified atom stereocenters. The molecule has 2 heterocycles. The van der Waals surface area contributed by atoms with Crippen molar-refractivity contribution in [3.05, 3.63) is 18.1 Å². The topological polar surface area (TPSA) is 41.0 Å². The first-order valence-corrected chi connectivity index (χ1v) is 7.82. The molecule has 20 heavy (non-hydrogen) atoms. The predicted octanol–water partition coefficient (Wildman–Crippen LogP) is 2.79. The van der Waals surface area contributed by atoms with E-state index in [1.54, 1.807) is 6.33 Å². The molecule has 0 aromatic carbocycles. The number of anilines is 1. The zero-order valence-electron chi connectivity index (χ0n) is 13.3. The van der Waals surface area contributed by atoms with Gasteiger partial charge in [0.2, 0.25) is 0 Å². The lowest BCUT2D eigenvalue weighted by Gasteiger charge is -2.29. The summed E-state index contributed by atoms with van der Waals surface area (Å²) in [6.45, 7) is 11.0. The van der Waals surface area contributed by atoms with E-state index < -0.39 is 0 Å². The summed E-state index contributed by atoms with van der Waals surface area (Å²) in [5.41, 5.74) is 1.33. The lowest BCUT2D eigenvalue weighted by atomic mass is 10.1. The first kappa shape index (κ1) is 15.2. The minimum atomic E-state index is 0.174. The van der Waals surface area contributed by atoms with Gasteiger partial charge >= 0.3 is 0 Å². The molecular formula is C16H28N4. The maximum absolute atomic E-state index is 4.49.